The molecule has 94 valence electrons. The fourth-order valence-electron chi connectivity index (χ4n) is 3.68. The summed E-state index contributed by atoms with van der Waals surface area (Å²) in [7, 11) is 0. The molecule has 0 aromatic rings. The summed E-state index contributed by atoms with van der Waals surface area (Å²) >= 11 is 0. The summed E-state index contributed by atoms with van der Waals surface area (Å²) in [5, 5.41) is 0. The molecule has 4 atom stereocenters. The zero-order valence-electron chi connectivity index (χ0n) is 11.0. The number of hydrogen-bond acceptors (Lipinski definition) is 2. The molecule has 0 bridgehead atoms. The van der Waals surface area contributed by atoms with Gasteiger partial charge in [0.05, 0.1) is 0 Å². The van der Waals surface area contributed by atoms with Crippen molar-refractivity contribution in [1.29, 1.82) is 0 Å². The van der Waals surface area contributed by atoms with Crippen molar-refractivity contribution in [3.8, 4) is 0 Å². The van der Waals surface area contributed by atoms with Gasteiger partial charge in [0, 0.05) is 18.6 Å². The third-order valence-corrected chi connectivity index (χ3v) is 4.79. The van der Waals surface area contributed by atoms with Gasteiger partial charge in [0.2, 0.25) is 0 Å². The van der Waals surface area contributed by atoms with Crippen LogP contribution in [0.4, 0.5) is 0 Å². The van der Waals surface area contributed by atoms with Crippen LogP contribution in [0.15, 0.2) is 0 Å². The molecule has 2 rings (SSSR count). The van der Waals surface area contributed by atoms with E-state index in [0.29, 0.717) is 6.04 Å². The zero-order valence-corrected chi connectivity index (χ0v) is 11.0. The average molecular weight is 224 g/mol. The van der Waals surface area contributed by atoms with Crippen LogP contribution in [0.5, 0.6) is 0 Å². The summed E-state index contributed by atoms with van der Waals surface area (Å²) in [6.07, 6.45) is 8.34. The van der Waals surface area contributed by atoms with Crippen LogP contribution in [0.3, 0.4) is 0 Å². The first-order valence-electron chi connectivity index (χ1n) is 7.18. The lowest BCUT2D eigenvalue weighted by Crippen LogP contribution is -2.53. The predicted octanol–water partition coefficient (Wildman–Crippen LogP) is 2.62. The van der Waals surface area contributed by atoms with Crippen LogP contribution in [-0.2, 0) is 0 Å². The van der Waals surface area contributed by atoms with E-state index in [0.717, 1.165) is 24.4 Å². The molecule has 2 N–H and O–H groups in total. The van der Waals surface area contributed by atoms with E-state index in [1.807, 2.05) is 0 Å². The van der Waals surface area contributed by atoms with E-state index < -0.39 is 0 Å². The van der Waals surface area contributed by atoms with Crippen molar-refractivity contribution in [3.63, 3.8) is 0 Å². The number of piperidine rings is 1. The molecule has 0 aromatic heterocycles. The van der Waals surface area contributed by atoms with Gasteiger partial charge in [0.15, 0.2) is 0 Å². The summed E-state index contributed by atoms with van der Waals surface area (Å²) in [6, 6.07) is 1.49. The summed E-state index contributed by atoms with van der Waals surface area (Å²) in [6.45, 7) is 7.01. The zero-order chi connectivity index (χ0) is 11.5. The molecular weight excluding hydrogens is 196 g/mol. The number of rotatable bonds is 2. The van der Waals surface area contributed by atoms with Gasteiger partial charge in [-0.2, -0.15) is 0 Å². The Kier molecular flexibility index (Phi) is 4.26. The van der Waals surface area contributed by atoms with Gasteiger partial charge in [-0.05, 0) is 44.1 Å². The van der Waals surface area contributed by atoms with Crippen LogP contribution in [0, 0.1) is 11.8 Å². The SMILES string of the molecule is CC1CCC(C)C(N2CCCCC2CN)C1. The second kappa shape index (κ2) is 5.50. The van der Waals surface area contributed by atoms with Crippen molar-refractivity contribution in [3.05, 3.63) is 0 Å². The van der Waals surface area contributed by atoms with E-state index in [9.17, 15) is 0 Å². The third-order valence-electron chi connectivity index (χ3n) is 4.79. The molecule has 2 nitrogen and oxygen atoms in total. The Morgan fingerprint density at radius 1 is 1.12 bits per heavy atom. The molecule has 0 spiro atoms. The van der Waals surface area contributed by atoms with Crippen LogP contribution in [-0.4, -0.2) is 30.1 Å². The Balaban J connectivity index is 2.02. The summed E-state index contributed by atoms with van der Waals surface area (Å²) < 4.78 is 0. The highest BCUT2D eigenvalue weighted by Crippen LogP contribution is 2.34. The van der Waals surface area contributed by atoms with Crippen LogP contribution >= 0.6 is 0 Å². The van der Waals surface area contributed by atoms with Crippen LogP contribution in [0.25, 0.3) is 0 Å². The standard InChI is InChI=1S/C14H28N2/c1-11-6-7-12(2)14(9-11)16-8-4-3-5-13(16)10-15/h11-14H,3-10,15H2,1-2H3. The van der Waals surface area contributed by atoms with E-state index >= 15 is 0 Å². The Bertz CT molecular complexity index is 217. The quantitative estimate of drug-likeness (QED) is 0.781. The molecule has 1 heterocycles. The van der Waals surface area contributed by atoms with Crippen LogP contribution in [0.1, 0.15) is 52.4 Å². The first-order chi connectivity index (χ1) is 7.72. The second-order valence-electron chi connectivity index (χ2n) is 6.09. The predicted molar refractivity (Wildman–Crippen MR) is 69.4 cm³/mol. The van der Waals surface area contributed by atoms with E-state index in [1.54, 1.807) is 0 Å². The minimum Gasteiger partial charge on any atom is -0.329 e. The van der Waals surface area contributed by atoms with Gasteiger partial charge in [-0.15, -0.1) is 0 Å². The Morgan fingerprint density at radius 2 is 1.94 bits per heavy atom. The van der Waals surface area contributed by atoms with Crippen molar-refractivity contribution >= 4 is 0 Å². The van der Waals surface area contributed by atoms with Gasteiger partial charge in [0.25, 0.3) is 0 Å². The highest BCUT2D eigenvalue weighted by atomic mass is 15.2. The number of hydrogen-bond donors (Lipinski definition) is 1. The largest absolute Gasteiger partial charge is 0.329 e. The molecule has 1 saturated carbocycles. The first kappa shape index (κ1) is 12.4. The van der Waals surface area contributed by atoms with Gasteiger partial charge in [0.1, 0.15) is 0 Å². The Hall–Kier alpha value is -0.0800. The van der Waals surface area contributed by atoms with E-state index in [2.05, 4.69) is 18.7 Å². The number of nitrogens with zero attached hydrogens (tertiary/aromatic N) is 1. The van der Waals surface area contributed by atoms with Crippen molar-refractivity contribution in [2.24, 2.45) is 17.6 Å². The number of likely N-dealkylation sites (tertiary alicyclic amines) is 1. The molecule has 1 aliphatic carbocycles. The fraction of sp³-hybridized carbons (Fsp3) is 1.00. The van der Waals surface area contributed by atoms with Crippen molar-refractivity contribution in [1.82, 2.24) is 4.90 Å². The highest BCUT2D eigenvalue weighted by Gasteiger charge is 2.34. The minimum absolute atomic E-state index is 0.673. The molecule has 2 fully saturated rings. The van der Waals surface area contributed by atoms with Crippen LogP contribution in [0.2, 0.25) is 0 Å². The minimum atomic E-state index is 0.673. The molecule has 0 radical (unpaired) electrons. The van der Waals surface area contributed by atoms with Crippen molar-refractivity contribution in [2.75, 3.05) is 13.1 Å². The molecule has 2 heteroatoms. The molecule has 4 unspecified atom stereocenters. The molecule has 0 amide bonds. The average Bonchev–Trinajstić information content (AvgIpc) is 2.32. The van der Waals surface area contributed by atoms with Crippen molar-refractivity contribution < 1.29 is 0 Å². The van der Waals surface area contributed by atoms with Gasteiger partial charge < -0.3 is 5.73 Å². The first-order valence-corrected chi connectivity index (χ1v) is 7.18. The topological polar surface area (TPSA) is 29.3 Å². The lowest BCUT2D eigenvalue weighted by atomic mass is 9.78. The monoisotopic (exact) mass is 224 g/mol. The Morgan fingerprint density at radius 3 is 2.69 bits per heavy atom. The van der Waals surface area contributed by atoms with E-state index in [-0.39, 0.29) is 0 Å². The van der Waals surface area contributed by atoms with Gasteiger partial charge in [-0.3, -0.25) is 4.90 Å². The lowest BCUT2D eigenvalue weighted by molar-refractivity contribution is 0.0342. The maximum absolute atomic E-state index is 5.94. The maximum atomic E-state index is 5.94. The summed E-state index contributed by atoms with van der Waals surface area (Å²) in [4.78, 5) is 2.75. The van der Waals surface area contributed by atoms with Gasteiger partial charge >= 0.3 is 0 Å². The molecule has 0 aromatic carbocycles. The highest BCUT2D eigenvalue weighted by molar-refractivity contribution is 4.89. The second-order valence-corrected chi connectivity index (χ2v) is 6.09. The third kappa shape index (κ3) is 2.60. The molecule has 16 heavy (non-hydrogen) atoms. The van der Waals surface area contributed by atoms with Crippen LogP contribution < -0.4 is 5.73 Å². The maximum Gasteiger partial charge on any atom is 0.0221 e. The van der Waals surface area contributed by atoms with Crippen molar-refractivity contribution in [2.45, 2.75) is 64.5 Å². The van der Waals surface area contributed by atoms with E-state index in [1.165, 1.54) is 45.1 Å². The Labute approximate surface area is 101 Å². The molecule has 1 saturated heterocycles. The molecule has 1 aliphatic heterocycles. The fourth-order valence-corrected chi connectivity index (χ4v) is 3.68. The lowest BCUT2D eigenvalue weighted by Gasteiger charge is -2.46. The van der Waals surface area contributed by atoms with E-state index in [4.69, 9.17) is 5.73 Å². The molecule has 2 aliphatic rings. The normalized spacial score (nSPS) is 42.2. The smallest absolute Gasteiger partial charge is 0.0221 e. The summed E-state index contributed by atoms with van der Waals surface area (Å²) in [5.74, 6) is 1.80. The molecular formula is C14H28N2. The van der Waals surface area contributed by atoms with Gasteiger partial charge in [-0.25, -0.2) is 0 Å². The number of nitrogens with two attached hydrogens (primary N) is 1. The summed E-state index contributed by atoms with van der Waals surface area (Å²) in [5.41, 5.74) is 5.94. The van der Waals surface area contributed by atoms with Gasteiger partial charge in [-0.1, -0.05) is 26.7 Å².